The highest BCUT2D eigenvalue weighted by molar-refractivity contribution is 5.80. The summed E-state index contributed by atoms with van der Waals surface area (Å²) in [6.45, 7) is 3.83. The number of aromatic hydroxyl groups is 1. The predicted octanol–water partition coefficient (Wildman–Crippen LogP) is 4.41. The van der Waals surface area contributed by atoms with Crippen molar-refractivity contribution in [2.75, 3.05) is 7.11 Å². The van der Waals surface area contributed by atoms with Gasteiger partial charge in [0.1, 0.15) is 11.6 Å². The highest BCUT2D eigenvalue weighted by Crippen LogP contribution is 2.38. The van der Waals surface area contributed by atoms with Crippen molar-refractivity contribution in [3.05, 3.63) is 35.9 Å². The number of hydrogen-bond acceptors (Lipinski definition) is 4. The molecule has 1 N–H and O–H groups in total. The summed E-state index contributed by atoms with van der Waals surface area (Å²) in [5.74, 6) is 0.236. The van der Waals surface area contributed by atoms with Crippen LogP contribution in [0, 0.1) is 0 Å². The van der Waals surface area contributed by atoms with Gasteiger partial charge in [-0.25, -0.2) is 4.98 Å². The molecule has 3 aromatic rings. The zero-order chi connectivity index (χ0) is 18.4. The molecular weight excluding hydrogens is 335 g/mol. The van der Waals surface area contributed by atoms with Crippen LogP contribution < -0.4 is 4.74 Å². The van der Waals surface area contributed by atoms with E-state index >= 15 is 0 Å². The van der Waals surface area contributed by atoms with Crippen molar-refractivity contribution in [1.82, 2.24) is 14.5 Å². The van der Waals surface area contributed by atoms with E-state index in [0.717, 1.165) is 6.07 Å². The molecule has 25 heavy (non-hydrogen) atoms. The Morgan fingerprint density at radius 1 is 1.12 bits per heavy atom. The van der Waals surface area contributed by atoms with Gasteiger partial charge in [-0.3, -0.25) is 0 Å². The maximum absolute atomic E-state index is 12.8. The predicted molar refractivity (Wildman–Crippen MR) is 86.6 cm³/mol. The van der Waals surface area contributed by atoms with Gasteiger partial charge in [-0.05, 0) is 38.1 Å². The standard InChI is InChI=1S/C17H16F3N3O2/c1-9(2)23-12-6-7-14(25-3)21-15(12)22-16(23)11-5-4-10(8-13(11)24)17(18,19)20/h4-9,24H,1-3H3. The molecule has 5 nitrogen and oxygen atoms in total. The van der Waals surface area contributed by atoms with Gasteiger partial charge in [-0.2, -0.15) is 18.2 Å². The summed E-state index contributed by atoms with van der Waals surface area (Å²) < 4.78 is 45.3. The van der Waals surface area contributed by atoms with E-state index in [2.05, 4.69) is 9.97 Å². The largest absolute Gasteiger partial charge is 0.507 e. The molecule has 0 radical (unpaired) electrons. The molecule has 0 amide bonds. The van der Waals surface area contributed by atoms with Crippen molar-refractivity contribution in [1.29, 1.82) is 0 Å². The topological polar surface area (TPSA) is 60.2 Å². The maximum Gasteiger partial charge on any atom is 0.416 e. The van der Waals surface area contributed by atoms with Crippen molar-refractivity contribution in [3.63, 3.8) is 0 Å². The lowest BCUT2D eigenvalue weighted by Crippen LogP contribution is -2.06. The Morgan fingerprint density at radius 3 is 2.40 bits per heavy atom. The van der Waals surface area contributed by atoms with Crippen molar-refractivity contribution >= 4 is 11.2 Å². The number of rotatable bonds is 3. The van der Waals surface area contributed by atoms with Gasteiger partial charge in [0.2, 0.25) is 5.88 Å². The van der Waals surface area contributed by atoms with Gasteiger partial charge in [0.25, 0.3) is 0 Å². The minimum Gasteiger partial charge on any atom is -0.507 e. The van der Waals surface area contributed by atoms with Crippen molar-refractivity contribution in [2.24, 2.45) is 0 Å². The molecule has 2 heterocycles. The third-order valence-corrected chi connectivity index (χ3v) is 3.82. The summed E-state index contributed by atoms with van der Waals surface area (Å²) in [6.07, 6.45) is -4.52. The first kappa shape index (κ1) is 17.1. The summed E-state index contributed by atoms with van der Waals surface area (Å²) in [5, 5.41) is 10.1. The molecule has 0 saturated heterocycles. The Bertz CT molecular complexity index is 933. The van der Waals surface area contributed by atoms with Crippen LogP contribution in [0.5, 0.6) is 11.6 Å². The van der Waals surface area contributed by atoms with Crippen LogP contribution in [0.3, 0.4) is 0 Å². The van der Waals surface area contributed by atoms with Crippen LogP contribution in [0.2, 0.25) is 0 Å². The summed E-state index contributed by atoms with van der Waals surface area (Å²) in [7, 11) is 1.48. The van der Waals surface area contributed by atoms with E-state index < -0.39 is 17.5 Å². The highest BCUT2D eigenvalue weighted by Gasteiger charge is 2.31. The number of benzene rings is 1. The molecule has 0 bridgehead atoms. The number of imidazole rings is 1. The fraction of sp³-hybridized carbons (Fsp3) is 0.294. The van der Waals surface area contributed by atoms with E-state index in [1.807, 2.05) is 18.4 Å². The average molecular weight is 351 g/mol. The molecule has 1 aromatic carbocycles. The molecule has 2 aromatic heterocycles. The Kier molecular flexibility index (Phi) is 4.06. The quantitative estimate of drug-likeness (QED) is 0.759. The normalized spacial score (nSPS) is 12.1. The second-order valence-electron chi connectivity index (χ2n) is 5.83. The molecule has 132 valence electrons. The monoisotopic (exact) mass is 351 g/mol. The second-order valence-corrected chi connectivity index (χ2v) is 5.83. The van der Waals surface area contributed by atoms with Crippen molar-refractivity contribution in [2.45, 2.75) is 26.1 Å². The van der Waals surface area contributed by atoms with Crippen LogP contribution in [0.25, 0.3) is 22.6 Å². The average Bonchev–Trinajstić information content (AvgIpc) is 2.91. The first-order valence-corrected chi connectivity index (χ1v) is 7.56. The van der Waals surface area contributed by atoms with Crippen molar-refractivity contribution in [3.8, 4) is 23.0 Å². The highest BCUT2D eigenvalue weighted by atomic mass is 19.4. The molecule has 0 saturated carbocycles. The molecule has 0 unspecified atom stereocenters. The number of aromatic nitrogens is 3. The minimum absolute atomic E-state index is 0.0445. The van der Waals surface area contributed by atoms with E-state index in [1.54, 1.807) is 12.1 Å². The van der Waals surface area contributed by atoms with E-state index in [-0.39, 0.29) is 11.6 Å². The summed E-state index contributed by atoms with van der Waals surface area (Å²) in [6, 6.07) is 6.26. The molecule has 0 spiro atoms. The number of pyridine rings is 1. The molecule has 0 atom stereocenters. The number of ether oxygens (including phenoxy) is 1. The number of methoxy groups -OCH3 is 1. The van der Waals surface area contributed by atoms with Crippen LogP contribution in [-0.2, 0) is 6.18 Å². The Balaban J connectivity index is 2.23. The van der Waals surface area contributed by atoms with Crippen LogP contribution in [0.1, 0.15) is 25.5 Å². The van der Waals surface area contributed by atoms with Crippen LogP contribution in [-0.4, -0.2) is 26.8 Å². The zero-order valence-electron chi connectivity index (χ0n) is 13.8. The first-order chi connectivity index (χ1) is 11.7. The van der Waals surface area contributed by atoms with Crippen molar-refractivity contribution < 1.29 is 23.0 Å². The molecule has 0 aliphatic heterocycles. The van der Waals surface area contributed by atoms with E-state index in [0.29, 0.717) is 28.9 Å². The van der Waals surface area contributed by atoms with E-state index in [4.69, 9.17) is 4.74 Å². The number of fused-ring (bicyclic) bond motifs is 1. The number of alkyl halides is 3. The molecule has 3 rings (SSSR count). The second kappa shape index (κ2) is 5.94. The Hall–Kier alpha value is -2.77. The number of nitrogens with zero attached hydrogens (tertiary/aromatic N) is 3. The van der Waals surface area contributed by atoms with Crippen LogP contribution in [0.4, 0.5) is 13.2 Å². The molecule has 0 aliphatic rings. The van der Waals surface area contributed by atoms with Gasteiger partial charge >= 0.3 is 6.18 Å². The summed E-state index contributed by atoms with van der Waals surface area (Å²) >= 11 is 0. The fourth-order valence-electron chi connectivity index (χ4n) is 2.69. The molecular formula is C17H16F3N3O2. The van der Waals surface area contributed by atoms with Gasteiger partial charge in [0.15, 0.2) is 5.65 Å². The van der Waals surface area contributed by atoms with Gasteiger partial charge < -0.3 is 14.4 Å². The lowest BCUT2D eigenvalue weighted by molar-refractivity contribution is -0.137. The zero-order valence-corrected chi connectivity index (χ0v) is 13.8. The van der Waals surface area contributed by atoms with Gasteiger partial charge in [-0.15, -0.1) is 0 Å². The Morgan fingerprint density at radius 2 is 1.84 bits per heavy atom. The van der Waals surface area contributed by atoms with E-state index in [9.17, 15) is 18.3 Å². The number of hydrogen-bond donors (Lipinski definition) is 1. The molecule has 0 fully saturated rings. The van der Waals surface area contributed by atoms with E-state index in [1.165, 1.54) is 13.2 Å². The van der Waals surface area contributed by atoms with Gasteiger partial charge in [0.05, 0.1) is 23.8 Å². The minimum atomic E-state index is -4.52. The van der Waals surface area contributed by atoms with Crippen LogP contribution >= 0.6 is 0 Å². The summed E-state index contributed by atoms with van der Waals surface area (Å²) in [4.78, 5) is 8.65. The molecule has 0 aliphatic carbocycles. The maximum atomic E-state index is 12.8. The Labute approximate surface area is 141 Å². The fourth-order valence-corrected chi connectivity index (χ4v) is 2.69. The van der Waals surface area contributed by atoms with Gasteiger partial charge in [-0.1, -0.05) is 0 Å². The third-order valence-electron chi connectivity index (χ3n) is 3.82. The number of halogens is 3. The molecule has 8 heteroatoms. The SMILES string of the molecule is COc1ccc2c(n1)nc(-c1ccc(C(F)(F)F)cc1O)n2C(C)C. The first-order valence-electron chi connectivity index (χ1n) is 7.56. The van der Waals surface area contributed by atoms with Crippen LogP contribution in [0.15, 0.2) is 30.3 Å². The third kappa shape index (κ3) is 2.99. The lowest BCUT2D eigenvalue weighted by Gasteiger charge is -2.15. The summed E-state index contributed by atoms with van der Waals surface area (Å²) in [5.41, 5.74) is 0.381. The number of phenols is 1. The lowest BCUT2D eigenvalue weighted by atomic mass is 10.1. The smallest absolute Gasteiger partial charge is 0.416 e. The van der Waals surface area contributed by atoms with Gasteiger partial charge in [0, 0.05) is 12.1 Å². The number of phenolic OH excluding ortho intramolecular Hbond substituents is 1.